The lowest BCUT2D eigenvalue weighted by Gasteiger charge is -2.39. The molecule has 112 valence electrons. The summed E-state index contributed by atoms with van der Waals surface area (Å²) in [5, 5.41) is 3.60. The number of hydrogen-bond acceptors (Lipinski definition) is 2. The van der Waals surface area contributed by atoms with Crippen LogP contribution in [0, 0.1) is 5.92 Å². The lowest BCUT2D eigenvalue weighted by molar-refractivity contribution is 0.286. The molecule has 20 heavy (non-hydrogen) atoms. The number of halogens is 1. The van der Waals surface area contributed by atoms with Crippen LogP contribution in [0.4, 0.5) is 5.82 Å². The molecule has 0 spiro atoms. The van der Waals surface area contributed by atoms with Crippen molar-refractivity contribution in [2.75, 3.05) is 11.2 Å². The zero-order valence-electron chi connectivity index (χ0n) is 13.2. The molecule has 0 unspecified atom stereocenters. The predicted molar refractivity (Wildman–Crippen MR) is 87.6 cm³/mol. The first-order valence-electron chi connectivity index (χ1n) is 7.65. The maximum atomic E-state index is 6.25. The van der Waals surface area contributed by atoms with Crippen LogP contribution in [0.2, 0.25) is 0 Å². The summed E-state index contributed by atoms with van der Waals surface area (Å²) in [5.41, 5.74) is 1.44. The van der Waals surface area contributed by atoms with Gasteiger partial charge in [0.1, 0.15) is 5.82 Å². The molecule has 1 aliphatic carbocycles. The average molecular weight is 295 g/mol. The third-order valence-electron chi connectivity index (χ3n) is 4.51. The number of alkyl halides is 1. The molecule has 2 nitrogen and oxygen atoms in total. The van der Waals surface area contributed by atoms with E-state index in [9.17, 15) is 0 Å². The van der Waals surface area contributed by atoms with Crippen molar-refractivity contribution in [2.45, 2.75) is 64.3 Å². The van der Waals surface area contributed by atoms with E-state index in [4.69, 9.17) is 11.6 Å². The highest BCUT2D eigenvalue weighted by Crippen LogP contribution is 2.35. The van der Waals surface area contributed by atoms with E-state index in [0.29, 0.717) is 5.88 Å². The molecule has 1 aromatic heterocycles. The van der Waals surface area contributed by atoms with E-state index in [1.807, 2.05) is 6.20 Å². The molecular weight excluding hydrogens is 268 g/mol. The summed E-state index contributed by atoms with van der Waals surface area (Å²) in [6, 6.07) is 4.26. The third kappa shape index (κ3) is 3.66. The normalized spacial score (nSPS) is 27.4. The van der Waals surface area contributed by atoms with Crippen LogP contribution < -0.4 is 5.32 Å². The molecule has 0 aromatic carbocycles. The van der Waals surface area contributed by atoms with Crippen molar-refractivity contribution in [2.24, 2.45) is 5.92 Å². The molecule has 0 bridgehead atoms. The fraction of sp³-hybridized carbons (Fsp3) is 0.706. The van der Waals surface area contributed by atoms with Gasteiger partial charge >= 0.3 is 0 Å². The van der Waals surface area contributed by atoms with E-state index in [0.717, 1.165) is 24.6 Å². The van der Waals surface area contributed by atoms with E-state index in [-0.39, 0.29) is 11.0 Å². The molecule has 0 amide bonds. The van der Waals surface area contributed by atoms with Gasteiger partial charge in [0.2, 0.25) is 0 Å². The highest BCUT2D eigenvalue weighted by molar-refractivity contribution is 6.18. The molecule has 0 saturated heterocycles. The topological polar surface area (TPSA) is 24.9 Å². The molecule has 1 saturated carbocycles. The molecule has 1 N–H and O–H groups in total. The second-order valence-electron chi connectivity index (χ2n) is 7.40. The number of anilines is 1. The Labute approximate surface area is 128 Å². The Kier molecular flexibility index (Phi) is 4.63. The lowest BCUT2D eigenvalue weighted by Crippen LogP contribution is -2.43. The van der Waals surface area contributed by atoms with Gasteiger partial charge in [-0.25, -0.2) is 4.98 Å². The standard InChI is InChI=1S/C17H27ClN2/c1-13-7-9-17(12-18,10-8-13)20-15-6-5-14(11-19-15)16(2,3)4/h5-6,11,13H,7-10,12H2,1-4H3,(H,19,20). The van der Waals surface area contributed by atoms with Gasteiger partial charge in [0.25, 0.3) is 0 Å². The van der Waals surface area contributed by atoms with Crippen molar-refractivity contribution in [1.82, 2.24) is 4.98 Å². The van der Waals surface area contributed by atoms with Crippen molar-refractivity contribution in [1.29, 1.82) is 0 Å². The number of pyridine rings is 1. The minimum Gasteiger partial charge on any atom is -0.363 e. The summed E-state index contributed by atoms with van der Waals surface area (Å²) < 4.78 is 0. The lowest BCUT2D eigenvalue weighted by atomic mass is 9.78. The summed E-state index contributed by atoms with van der Waals surface area (Å²) in [4.78, 5) is 4.58. The van der Waals surface area contributed by atoms with Crippen LogP contribution in [0.3, 0.4) is 0 Å². The van der Waals surface area contributed by atoms with Crippen molar-refractivity contribution in [3.8, 4) is 0 Å². The van der Waals surface area contributed by atoms with Gasteiger partial charge in [-0.05, 0) is 48.6 Å². The number of hydrogen-bond donors (Lipinski definition) is 1. The molecule has 3 heteroatoms. The largest absolute Gasteiger partial charge is 0.363 e. The molecule has 0 atom stereocenters. The second kappa shape index (κ2) is 5.93. The van der Waals surface area contributed by atoms with Gasteiger partial charge in [0.15, 0.2) is 0 Å². The van der Waals surface area contributed by atoms with Crippen molar-refractivity contribution < 1.29 is 0 Å². The SMILES string of the molecule is CC1CCC(CCl)(Nc2ccc(C(C)(C)C)cn2)CC1. The van der Waals surface area contributed by atoms with Gasteiger partial charge in [-0.1, -0.05) is 33.8 Å². The second-order valence-corrected chi connectivity index (χ2v) is 7.67. The van der Waals surface area contributed by atoms with E-state index >= 15 is 0 Å². The Morgan fingerprint density at radius 3 is 2.40 bits per heavy atom. The smallest absolute Gasteiger partial charge is 0.126 e. The van der Waals surface area contributed by atoms with Crippen LogP contribution in [-0.2, 0) is 5.41 Å². The zero-order valence-corrected chi connectivity index (χ0v) is 13.9. The first-order chi connectivity index (χ1) is 9.35. The number of nitrogens with zero attached hydrogens (tertiary/aromatic N) is 1. The Morgan fingerprint density at radius 1 is 1.30 bits per heavy atom. The third-order valence-corrected chi connectivity index (χ3v) is 5.02. The van der Waals surface area contributed by atoms with Crippen molar-refractivity contribution in [3.05, 3.63) is 23.9 Å². The highest BCUT2D eigenvalue weighted by atomic mass is 35.5. The Morgan fingerprint density at radius 2 is 1.95 bits per heavy atom. The molecule has 0 radical (unpaired) electrons. The molecule has 2 rings (SSSR count). The van der Waals surface area contributed by atoms with Crippen LogP contribution in [0.5, 0.6) is 0 Å². The summed E-state index contributed by atoms with van der Waals surface area (Å²) in [6.07, 6.45) is 6.76. The fourth-order valence-corrected chi connectivity index (χ4v) is 3.12. The summed E-state index contributed by atoms with van der Waals surface area (Å²) in [5.74, 6) is 2.43. The molecule has 1 aromatic rings. The summed E-state index contributed by atoms with van der Waals surface area (Å²) >= 11 is 6.25. The number of rotatable bonds is 3. The predicted octanol–water partition coefficient (Wildman–Crippen LogP) is 4.98. The fourth-order valence-electron chi connectivity index (χ4n) is 2.79. The van der Waals surface area contributed by atoms with Crippen molar-refractivity contribution in [3.63, 3.8) is 0 Å². The van der Waals surface area contributed by atoms with Crippen LogP contribution >= 0.6 is 11.6 Å². The summed E-state index contributed by atoms with van der Waals surface area (Å²) in [7, 11) is 0. The first kappa shape index (κ1) is 15.6. The van der Waals surface area contributed by atoms with Crippen LogP contribution in [-0.4, -0.2) is 16.4 Å². The zero-order chi connectivity index (χ0) is 14.8. The molecule has 1 fully saturated rings. The van der Waals surface area contributed by atoms with Gasteiger partial charge in [0, 0.05) is 12.1 Å². The molecule has 0 aliphatic heterocycles. The van der Waals surface area contributed by atoms with Crippen molar-refractivity contribution >= 4 is 17.4 Å². The molecule has 1 heterocycles. The van der Waals surface area contributed by atoms with Gasteiger partial charge in [-0.3, -0.25) is 0 Å². The minimum absolute atomic E-state index is 0.0321. The van der Waals surface area contributed by atoms with Crippen LogP contribution in [0.15, 0.2) is 18.3 Å². The Bertz CT molecular complexity index is 425. The van der Waals surface area contributed by atoms with E-state index < -0.39 is 0 Å². The van der Waals surface area contributed by atoms with Crippen LogP contribution in [0.25, 0.3) is 0 Å². The van der Waals surface area contributed by atoms with Gasteiger partial charge in [-0.15, -0.1) is 11.6 Å². The van der Waals surface area contributed by atoms with Crippen LogP contribution in [0.1, 0.15) is 58.9 Å². The first-order valence-corrected chi connectivity index (χ1v) is 8.19. The molecule has 1 aliphatic rings. The number of aromatic nitrogens is 1. The van der Waals surface area contributed by atoms with E-state index in [1.165, 1.54) is 18.4 Å². The van der Waals surface area contributed by atoms with E-state index in [1.54, 1.807) is 0 Å². The average Bonchev–Trinajstić information content (AvgIpc) is 2.41. The highest BCUT2D eigenvalue weighted by Gasteiger charge is 2.33. The van der Waals surface area contributed by atoms with Gasteiger partial charge < -0.3 is 5.32 Å². The quantitative estimate of drug-likeness (QED) is 0.795. The molecular formula is C17H27ClN2. The number of nitrogens with one attached hydrogen (secondary N) is 1. The Hall–Kier alpha value is -0.760. The maximum Gasteiger partial charge on any atom is 0.126 e. The maximum absolute atomic E-state index is 6.25. The monoisotopic (exact) mass is 294 g/mol. The summed E-state index contributed by atoms with van der Waals surface area (Å²) in [6.45, 7) is 8.95. The minimum atomic E-state index is 0.0321. The Balaban J connectivity index is 2.08. The van der Waals surface area contributed by atoms with E-state index in [2.05, 4.69) is 50.1 Å². The van der Waals surface area contributed by atoms with Gasteiger partial charge in [-0.2, -0.15) is 0 Å². The van der Waals surface area contributed by atoms with Gasteiger partial charge in [0.05, 0.1) is 5.54 Å².